The molecule has 0 radical (unpaired) electrons. The quantitative estimate of drug-likeness (QED) is 0.794. The lowest BCUT2D eigenvalue weighted by atomic mass is 9.86. The molecule has 0 spiro atoms. The van der Waals surface area contributed by atoms with Crippen LogP contribution in [-0.4, -0.2) is 45.0 Å². The van der Waals surface area contributed by atoms with Crippen LogP contribution >= 0.6 is 11.3 Å². The maximum absolute atomic E-state index is 13.7. The van der Waals surface area contributed by atoms with Gasteiger partial charge in [-0.05, 0) is 31.4 Å². The van der Waals surface area contributed by atoms with E-state index in [4.69, 9.17) is 0 Å². The van der Waals surface area contributed by atoms with E-state index in [0.29, 0.717) is 35.3 Å². The Morgan fingerprint density at radius 1 is 1.27 bits per heavy atom. The van der Waals surface area contributed by atoms with Crippen LogP contribution in [-0.2, 0) is 9.59 Å². The van der Waals surface area contributed by atoms with Gasteiger partial charge in [0, 0.05) is 25.3 Å². The van der Waals surface area contributed by atoms with Crippen molar-refractivity contribution in [3.8, 4) is 0 Å². The number of rotatable bonds is 5. The van der Waals surface area contributed by atoms with Gasteiger partial charge >= 0.3 is 0 Å². The number of fused-ring (bicyclic) bond motifs is 3. The summed E-state index contributed by atoms with van der Waals surface area (Å²) in [6, 6.07) is 7.01. The van der Waals surface area contributed by atoms with Crippen molar-refractivity contribution in [3.05, 3.63) is 34.8 Å². The molecule has 2 aromatic rings. The van der Waals surface area contributed by atoms with Crippen LogP contribution in [0.2, 0.25) is 0 Å². The van der Waals surface area contributed by atoms with Crippen molar-refractivity contribution < 1.29 is 14.4 Å². The third-order valence-electron chi connectivity index (χ3n) is 6.30. The van der Waals surface area contributed by atoms with Crippen LogP contribution in [0.3, 0.4) is 0 Å². The lowest BCUT2D eigenvalue weighted by Gasteiger charge is -2.48. The summed E-state index contributed by atoms with van der Waals surface area (Å²) in [6.07, 6.45) is 4.54. The lowest BCUT2D eigenvalue weighted by Crippen LogP contribution is -2.69. The number of carbonyl (C=O) groups excluding carboxylic acids is 3. The van der Waals surface area contributed by atoms with Gasteiger partial charge in [-0.25, -0.2) is 0 Å². The van der Waals surface area contributed by atoms with Gasteiger partial charge in [-0.1, -0.05) is 36.8 Å². The summed E-state index contributed by atoms with van der Waals surface area (Å²) >= 11 is 1.38. The molecular weight excluding hydrogens is 402 g/mol. The van der Waals surface area contributed by atoms with Gasteiger partial charge in [0.25, 0.3) is 11.8 Å². The molecule has 1 saturated carbocycles. The monoisotopic (exact) mass is 425 g/mol. The predicted octanol–water partition coefficient (Wildman–Crippen LogP) is 3.13. The van der Waals surface area contributed by atoms with Crippen molar-refractivity contribution in [2.24, 2.45) is 0 Å². The minimum atomic E-state index is -1.37. The number of benzene rings is 1. The van der Waals surface area contributed by atoms with Crippen molar-refractivity contribution in [1.82, 2.24) is 15.1 Å². The van der Waals surface area contributed by atoms with Gasteiger partial charge in [-0.2, -0.15) is 0 Å². The van der Waals surface area contributed by atoms with Gasteiger partial charge in [0.1, 0.15) is 5.01 Å². The van der Waals surface area contributed by atoms with Gasteiger partial charge in [0.2, 0.25) is 16.7 Å². The van der Waals surface area contributed by atoms with E-state index in [9.17, 15) is 14.4 Å². The molecule has 3 heterocycles. The third-order valence-corrected chi connectivity index (χ3v) is 7.30. The second kappa shape index (κ2) is 7.16. The largest absolute Gasteiger partial charge is 0.307 e. The summed E-state index contributed by atoms with van der Waals surface area (Å²) in [5.41, 5.74) is -0.423. The number of hydrogen-bond acceptors (Lipinski definition) is 6. The second-order valence-electron chi connectivity index (χ2n) is 8.05. The van der Waals surface area contributed by atoms with E-state index in [2.05, 4.69) is 15.5 Å². The van der Waals surface area contributed by atoms with Crippen molar-refractivity contribution in [2.75, 3.05) is 16.8 Å². The molecule has 156 valence electrons. The maximum Gasteiger partial charge on any atom is 0.273 e. The van der Waals surface area contributed by atoms with E-state index in [1.807, 2.05) is 6.92 Å². The summed E-state index contributed by atoms with van der Waals surface area (Å²) in [5.74, 6) is -0.351. The van der Waals surface area contributed by atoms with Crippen LogP contribution in [0.15, 0.2) is 24.3 Å². The molecular formula is C21H23N5O3S. The molecule has 0 bridgehead atoms. The fourth-order valence-electron chi connectivity index (χ4n) is 4.61. The fraction of sp³-hybridized carbons (Fsp3) is 0.476. The highest BCUT2D eigenvalue weighted by molar-refractivity contribution is 7.15. The molecule has 2 fully saturated rings. The molecule has 1 saturated heterocycles. The van der Waals surface area contributed by atoms with Crippen LogP contribution in [0.1, 0.15) is 66.7 Å². The molecule has 5 rings (SSSR count). The summed E-state index contributed by atoms with van der Waals surface area (Å²) in [5, 5.41) is 12.6. The number of carbonyl (C=O) groups is 3. The number of anilines is 2. The Kier molecular flexibility index (Phi) is 4.57. The Morgan fingerprint density at radius 2 is 2.07 bits per heavy atom. The normalized spacial score (nSPS) is 23.2. The van der Waals surface area contributed by atoms with E-state index >= 15 is 0 Å². The van der Waals surface area contributed by atoms with Crippen molar-refractivity contribution in [3.63, 3.8) is 0 Å². The van der Waals surface area contributed by atoms with E-state index in [1.54, 1.807) is 29.2 Å². The van der Waals surface area contributed by atoms with Crippen molar-refractivity contribution in [2.45, 2.75) is 57.0 Å². The van der Waals surface area contributed by atoms with Crippen LogP contribution in [0.25, 0.3) is 0 Å². The predicted molar refractivity (Wildman–Crippen MR) is 112 cm³/mol. The number of nitrogens with zero attached hydrogens (tertiary/aromatic N) is 4. The molecule has 3 amide bonds. The average Bonchev–Trinajstić information content (AvgIpc) is 3.29. The first kappa shape index (κ1) is 19.2. The molecule has 1 aromatic heterocycles. The second-order valence-corrected chi connectivity index (χ2v) is 9.06. The number of aromatic nitrogens is 2. The number of para-hydroxylation sites is 1. The van der Waals surface area contributed by atoms with E-state index < -0.39 is 11.6 Å². The molecule has 1 aliphatic carbocycles. The zero-order chi connectivity index (χ0) is 20.9. The van der Waals surface area contributed by atoms with Crippen LogP contribution in [0.4, 0.5) is 10.8 Å². The Hall–Kier alpha value is -2.81. The van der Waals surface area contributed by atoms with E-state index in [1.165, 1.54) is 22.7 Å². The first-order chi connectivity index (χ1) is 14.6. The maximum atomic E-state index is 13.7. The van der Waals surface area contributed by atoms with Gasteiger partial charge in [0.15, 0.2) is 0 Å². The number of hydrogen-bond donors (Lipinski definition) is 1. The smallest absolute Gasteiger partial charge is 0.273 e. The Balaban J connectivity index is 1.54. The molecule has 1 N–H and O–H groups in total. The lowest BCUT2D eigenvalue weighted by molar-refractivity contribution is -0.128. The SMILES string of the molecule is CCCN1C(=O)c2ccccc2N2C(=O)CCC12C(=O)Nc1nnc(C2CCC2)s1. The summed E-state index contributed by atoms with van der Waals surface area (Å²) in [4.78, 5) is 43.0. The minimum absolute atomic E-state index is 0.154. The Labute approximate surface area is 178 Å². The highest BCUT2D eigenvalue weighted by atomic mass is 32.1. The van der Waals surface area contributed by atoms with Crippen molar-refractivity contribution >= 4 is 39.9 Å². The van der Waals surface area contributed by atoms with Crippen LogP contribution in [0, 0.1) is 0 Å². The highest BCUT2D eigenvalue weighted by Gasteiger charge is 2.60. The number of amides is 3. The molecule has 1 aromatic carbocycles. The zero-order valence-corrected chi connectivity index (χ0v) is 17.6. The van der Waals surface area contributed by atoms with Crippen LogP contribution < -0.4 is 10.2 Å². The topological polar surface area (TPSA) is 95.5 Å². The standard InChI is InChI=1S/C21H23N5O3S/c1-2-12-25-18(28)14-8-3-4-9-15(14)26-16(27)10-11-21(25,26)19(29)22-20-24-23-17(30-20)13-6-5-7-13/h3-4,8-9,13H,2,5-7,10-12H2,1H3,(H,22,24,29). The minimum Gasteiger partial charge on any atom is -0.307 e. The van der Waals surface area contributed by atoms with Gasteiger partial charge in [-0.3, -0.25) is 24.6 Å². The molecule has 1 atom stereocenters. The molecule has 8 nitrogen and oxygen atoms in total. The first-order valence-corrected chi connectivity index (χ1v) is 11.3. The molecule has 9 heteroatoms. The first-order valence-electron chi connectivity index (χ1n) is 10.4. The van der Waals surface area contributed by atoms with E-state index in [0.717, 1.165) is 17.8 Å². The fourth-order valence-corrected chi connectivity index (χ4v) is 5.52. The highest BCUT2D eigenvalue weighted by Crippen LogP contribution is 2.45. The van der Waals surface area contributed by atoms with Gasteiger partial charge in [-0.15, -0.1) is 10.2 Å². The number of nitrogens with one attached hydrogen (secondary N) is 1. The average molecular weight is 426 g/mol. The summed E-state index contributed by atoms with van der Waals surface area (Å²) < 4.78 is 0. The Morgan fingerprint density at radius 3 is 2.80 bits per heavy atom. The Bertz CT molecular complexity index is 1030. The molecule has 30 heavy (non-hydrogen) atoms. The van der Waals surface area contributed by atoms with Gasteiger partial charge < -0.3 is 4.90 Å². The van der Waals surface area contributed by atoms with Crippen molar-refractivity contribution in [1.29, 1.82) is 0 Å². The molecule has 2 aliphatic heterocycles. The molecule has 1 unspecified atom stereocenters. The molecule has 3 aliphatic rings. The van der Waals surface area contributed by atoms with Gasteiger partial charge in [0.05, 0.1) is 11.3 Å². The third kappa shape index (κ3) is 2.68. The van der Waals surface area contributed by atoms with E-state index in [-0.39, 0.29) is 24.7 Å². The zero-order valence-electron chi connectivity index (χ0n) is 16.8. The summed E-state index contributed by atoms with van der Waals surface area (Å²) in [7, 11) is 0. The summed E-state index contributed by atoms with van der Waals surface area (Å²) in [6.45, 7) is 2.34. The van der Waals surface area contributed by atoms with Crippen LogP contribution in [0.5, 0.6) is 0 Å².